The van der Waals surface area contributed by atoms with E-state index in [1.165, 1.54) is 15.4 Å². The number of hydrogen-bond donors (Lipinski definition) is 0. The van der Waals surface area contributed by atoms with Crippen molar-refractivity contribution in [3.05, 3.63) is 59.2 Å². The van der Waals surface area contributed by atoms with E-state index < -0.39 is 27.8 Å². The van der Waals surface area contributed by atoms with Gasteiger partial charge in [-0.15, -0.1) is 0 Å². The fourth-order valence-corrected chi connectivity index (χ4v) is 7.21. The van der Waals surface area contributed by atoms with Gasteiger partial charge in [0.1, 0.15) is 10.6 Å². The van der Waals surface area contributed by atoms with Crippen LogP contribution >= 0.6 is 0 Å². The maximum atomic E-state index is 13.8. The van der Waals surface area contributed by atoms with Gasteiger partial charge in [0.15, 0.2) is 0 Å². The second kappa shape index (κ2) is 11.5. The van der Waals surface area contributed by atoms with E-state index in [2.05, 4.69) is 29.2 Å². The fraction of sp³-hybridized carbons (Fsp3) is 0.567. The zero-order chi connectivity index (χ0) is 27.6. The van der Waals surface area contributed by atoms with Crippen molar-refractivity contribution < 1.29 is 22.7 Å². The lowest BCUT2D eigenvalue weighted by Gasteiger charge is -2.34. The molecule has 0 radical (unpaired) electrons. The van der Waals surface area contributed by atoms with Crippen LogP contribution in [0.1, 0.15) is 69.6 Å². The molecule has 212 valence electrons. The van der Waals surface area contributed by atoms with Crippen molar-refractivity contribution >= 4 is 16.1 Å². The zero-order valence-corrected chi connectivity index (χ0v) is 24.2. The van der Waals surface area contributed by atoms with Gasteiger partial charge in [0, 0.05) is 51.2 Å². The minimum Gasteiger partial charge on any atom is -0.453 e. The molecule has 1 unspecified atom stereocenters. The molecule has 1 atom stereocenters. The molecule has 5 rings (SSSR count). The van der Waals surface area contributed by atoms with Gasteiger partial charge in [-0.2, -0.15) is 4.31 Å². The lowest BCUT2D eigenvalue weighted by Crippen LogP contribution is -2.43. The molecule has 0 N–H and O–H groups in total. The molecule has 1 amide bonds. The number of ether oxygens (including phenoxy) is 2. The van der Waals surface area contributed by atoms with Crippen molar-refractivity contribution in [2.45, 2.75) is 83.7 Å². The van der Waals surface area contributed by atoms with Crippen molar-refractivity contribution in [1.82, 2.24) is 14.1 Å². The number of rotatable bonds is 7. The van der Waals surface area contributed by atoms with Crippen molar-refractivity contribution in [2.75, 3.05) is 26.2 Å². The van der Waals surface area contributed by atoms with Crippen LogP contribution in [0.2, 0.25) is 0 Å². The van der Waals surface area contributed by atoms with Crippen molar-refractivity contribution in [3.63, 3.8) is 0 Å². The lowest BCUT2D eigenvalue weighted by atomic mass is 9.96. The summed E-state index contributed by atoms with van der Waals surface area (Å²) in [5, 5.41) is 0. The van der Waals surface area contributed by atoms with E-state index in [1.807, 2.05) is 26.8 Å². The third kappa shape index (κ3) is 6.42. The maximum absolute atomic E-state index is 13.8. The molecule has 2 fully saturated rings. The molecule has 39 heavy (non-hydrogen) atoms. The summed E-state index contributed by atoms with van der Waals surface area (Å²) in [6.07, 6.45) is 3.35. The van der Waals surface area contributed by atoms with Crippen LogP contribution in [-0.4, -0.2) is 61.1 Å². The monoisotopic (exact) mass is 555 g/mol. The highest BCUT2D eigenvalue weighted by atomic mass is 32.2. The summed E-state index contributed by atoms with van der Waals surface area (Å²) < 4.78 is 41.4. The topological polar surface area (TPSA) is 79.4 Å². The van der Waals surface area contributed by atoms with Crippen molar-refractivity contribution in [1.29, 1.82) is 0 Å². The summed E-state index contributed by atoms with van der Waals surface area (Å²) in [6.45, 7) is 10.4. The highest BCUT2D eigenvalue weighted by Crippen LogP contribution is 2.35. The molecule has 0 aromatic heterocycles. The first-order valence-electron chi connectivity index (χ1n) is 14.2. The van der Waals surface area contributed by atoms with Gasteiger partial charge < -0.3 is 14.4 Å². The molecule has 2 saturated heterocycles. The predicted molar refractivity (Wildman–Crippen MR) is 150 cm³/mol. The molecule has 0 spiro atoms. The van der Waals surface area contributed by atoms with E-state index in [4.69, 9.17) is 9.47 Å². The van der Waals surface area contributed by atoms with Crippen LogP contribution in [0.4, 0.5) is 4.79 Å². The second-order valence-electron chi connectivity index (χ2n) is 12.1. The number of amides is 1. The molecule has 0 bridgehead atoms. The molecule has 3 aliphatic heterocycles. The van der Waals surface area contributed by atoms with Gasteiger partial charge in [0.2, 0.25) is 10.0 Å². The molecule has 3 aliphatic rings. The van der Waals surface area contributed by atoms with E-state index in [0.717, 1.165) is 50.8 Å². The Morgan fingerprint density at radius 3 is 2.13 bits per heavy atom. The van der Waals surface area contributed by atoms with Crippen LogP contribution < -0.4 is 4.74 Å². The molecule has 0 saturated carbocycles. The van der Waals surface area contributed by atoms with E-state index in [1.54, 1.807) is 17.0 Å². The van der Waals surface area contributed by atoms with Gasteiger partial charge in [0.05, 0.1) is 0 Å². The number of carbonyl (C=O) groups excluding carboxylic acids is 1. The Bertz CT molecular complexity index is 1250. The Morgan fingerprint density at radius 2 is 1.51 bits per heavy atom. The number of carbonyl (C=O) groups is 1. The van der Waals surface area contributed by atoms with E-state index in [-0.39, 0.29) is 10.6 Å². The fourth-order valence-electron chi connectivity index (χ4n) is 5.53. The lowest BCUT2D eigenvalue weighted by molar-refractivity contribution is -0.110. The van der Waals surface area contributed by atoms with Crippen LogP contribution in [0, 0.1) is 5.41 Å². The molecule has 2 aromatic rings. The molecule has 2 aromatic carbocycles. The second-order valence-corrected chi connectivity index (χ2v) is 14.0. The maximum Gasteiger partial charge on any atom is 0.412 e. The number of nitrogens with zero attached hydrogens (tertiary/aromatic N) is 3. The summed E-state index contributed by atoms with van der Waals surface area (Å²) in [4.78, 5) is 17.1. The number of fused-ring (bicyclic) bond motifs is 1. The summed E-state index contributed by atoms with van der Waals surface area (Å²) >= 11 is 0. The predicted octanol–water partition coefficient (Wildman–Crippen LogP) is 5.36. The summed E-state index contributed by atoms with van der Waals surface area (Å²) in [5.41, 5.74) is 2.96. The van der Waals surface area contributed by atoms with Gasteiger partial charge in [-0.25, -0.2) is 13.2 Å². The summed E-state index contributed by atoms with van der Waals surface area (Å²) in [6, 6.07) is 13.8. The normalized spacial score (nSPS) is 19.6. The highest BCUT2D eigenvalue weighted by Gasteiger charge is 2.36. The van der Waals surface area contributed by atoms with Crippen LogP contribution in [-0.2, 0) is 34.4 Å². The van der Waals surface area contributed by atoms with Gasteiger partial charge in [-0.3, -0.25) is 4.90 Å². The summed E-state index contributed by atoms with van der Waals surface area (Å²) in [7, 11) is -3.78. The van der Waals surface area contributed by atoms with Gasteiger partial charge >= 0.3 is 6.09 Å². The highest BCUT2D eigenvalue weighted by molar-refractivity contribution is 7.89. The largest absolute Gasteiger partial charge is 0.453 e. The Kier molecular flexibility index (Phi) is 8.21. The van der Waals surface area contributed by atoms with Crippen molar-refractivity contribution in [3.8, 4) is 5.75 Å². The smallest absolute Gasteiger partial charge is 0.412 e. The first kappa shape index (κ1) is 27.9. The first-order valence-corrected chi connectivity index (χ1v) is 15.6. The van der Waals surface area contributed by atoms with E-state index in [9.17, 15) is 13.2 Å². The SMILES string of the molecule is CC(C)(C)C(OC(=O)N1CCCCC1)Oc1ccc(CN2Cc3ccccc3C2)cc1S(=O)(=O)N1CCCC1. The Balaban J connectivity index is 1.41. The Labute approximate surface area is 232 Å². The quantitative estimate of drug-likeness (QED) is 0.428. The molecule has 9 heteroatoms. The molecule has 8 nitrogen and oxygen atoms in total. The standard InChI is InChI=1S/C30H41N3O5S/c1-30(2,3)28(38-29(34)32-15-7-4-8-16-32)37-26-14-13-23(19-27(26)39(35,36)33-17-9-10-18-33)20-31-21-24-11-5-6-12-25(24)22-31/h5-6,11-14,19,28H,4,7-10,15-18,20-22H2,1-3H3. The molecule has 3 heterocycles. The molecular weight excluding hydrogens is 514 g/mol. The zero-order valence-electron chi connectivity index (χ0n) is 23.4. The van der Waals surface area contributed by atoms with Crippen LogP contribution in [0.15, 0.2) is 47.4 Å². The number of hydrogen-bond acceptors (Lipinski definition) is 6. The van der Waals surface area contributed by atoms with Crippen LogP contribution in [0.25, 0.3) is 0 Å². The Hall–Kier alpha value is -2.62. The number of likely N-dealkylation sites (tertiary alicyclic amines) is 1. The van der Waals surface area contributed by atoms with Gasteiger partial charge in [0.25, 0.3) is 6.29 Å². The molecule has 0 aliphatic carbocycles. The van der Waals surface area contributed by atoms with Gasteiger partial charge in [-0.05, 0) is 60.9 Å². The average Bonchev–Trinajstić information content (AvgIpc) is 3.59. The minimum atomic E-state index is -3.78. The minimum absolute atomic E-state index is 0.141. The Morgan fingerprint density at radius 1 is 0.897 bits per heavy atom. The third-order valence-corrected chi connectivity index (χ3v) is 9.69. The van der Waals surface area contributed by atoms with E-state index >= 15 is 0 Å². The first-order chi connectivity index (χ1) is 18.6. The van der Waals surface area contributed by atoms with Crippen LogP contribution in [0.3, 0.4) is 0 Å². The number of piperidine rings is 1. The van der Waals surface area contributed by atoms with Crippen LogP contribution in [0.5, 0.6) is 5.75 Å². The summed E-state index contributed by atoms with van der Waals surface area (Å²) in [5.74, 6) is 0.224. The number of benzene rings is 2. The third-order valence-electron chi connectivity index (χ3n) is 7.77. The van der Waals surface area contributed by atoms with Gasteiger partial charge in [-0.1, -0.05) is 51.1 Å². The number of sulfonamides is 1. The van der Waals surface area contributed by atoms with E-state index in [0.29, 0.717) is 32.7 Å². The molecular formula is C30H41N3O5S. The average molecular weight is 556 g/mol. The van der Waals surface area contributed by atoms with Crippen molar-refractivity contribution in [2.24, 2.45) is 5.41 Å².